The maximum atomic E-state index is 11.8. The molecule has 1 amide bonds. The number of amides is 1. The zero-order chi connectivity index (χ0) is 14.9. The molecule has 0 heterocycles. The maximum absolute atomic E-state index is 11.8. The van der Waals surface area contributed by atoms with Crippen LogP contribution in [-0.4, -0.2) is 37.5 Å². The Kier molecular flexibility index (Phi) is 6.06. The number of aliphatic imine (C=N–C) groups is 1. The minimum Gasteiger partial charge on any atom is -0.357 e. The molecule has 21 heavy (non-hydrogen) atoms. The van der Waals surface area contributed by atoms with Gasteiger partial charge in [-0.3, -0.25) is 4.79 Å². The molecule has 5 heteroatoms. The lowest BCUT2D eigenvalue weighted by molar-refractivity contribution is -0.119. The fourth-order valence-electron chi connectivity index (χ4n) is 1.94. The SMILES string of the molecule is CCNC(=NCC(=O)NCCc1ccccc1)NC1CC1. The van der Waals surface area contributed by atoms with Crippen molar-refractivity contribution in [2.75, 3.05) is 19.6 Å². The molecule has 1 aliphatic rings. The molecule has 0 bridgehead atoms. The first-order valence-electron chi connectivity index (χ1n) is 7.63. The number of guanidine groups is 1. The smallest absolute Gasteiger partial charge is 0.241 e. The minimum absolute atomic E-state index is 0.0427. The van der Waals surface area contributed by atoms with Gasteiger partial charge in [-0.1, -0.05) is 30.3 Å². The van der Waals surface area contributed by atoms with Gasteiger partial charge in [0.15, 0.2) is 5.96 Å². The van der Waals surface area contributed by atoms with Crippen LogP contribution in [-0.2, 0) is 11.2 Å². The average Bonchev–Trinajstić information content (AvgIpc) is 3.30. The third-order valence-corrected chi connectivity index (χ3v) is 3.22. The highest BCUT2D eigenvalue weighted by atomic mass is 16.1. The van der Waals surface area contributed by atoms with Gasteiger partial charge in [-0.15, -0.1) is 0 Å². The summed E-state index contributed by atoms with van der Waals surface area (Å²) >= 11 is 0. The summed E-state index contributed by atoms with van der Waals surface area (Å²) in [6.07, 6.45) is 3.22. The first-order chi connectivity index (χ1) is 10.3. The molecule has 1 aromatic carbocycles. The van der Waals surface area contributed by atoms with Crippen molar-refractivity contribution in [1.29, 1.82) is 0 Å². The molecule has 0 saturated heterocycles. The van der Waals surface area contributed by atoms with Crippen molar-refractivity contribution in [2.45, 2.75) is 32.2 Å². The summed E-state index contributed by atoms with van der Waals surface area (Å²) in [7, 11) is 0. The Bertz CT molecular complexity index is 468. The molecule has 5 nitrogen and oxygen atoms in total. The Hall–Kier alpha value is -2.04. The molecule has 114 valence electrons. The predicted molar refractivity (Wildman–Crippen MR) is 85.3 cm³/mol. The van der Waals surface area contributed by atoms with E-state index >= 15 is 0 Å². The lowest BCUT2D eigenvalue weighted by atomic mass is 10.1. The topological polar surface area (TPSA) is 65.5 Å². The van der Waals surface area contributed by atoms with E-state index in [1.54, 1.807) is 0 Å². The molecule has 1 aliphatic carbocycles. The van der Waals surface area contributed by atoms with Crippen LogP contribution in [0.4, 0.5) is 0 Å². The number of carbonyl (C=O) groups is 1. The summed E-state index contributed by atoms with van der Waals surface area (Å²) < 4.78 is 0. The number of rotatable bonds is 7. The zero-order valence-corrected chi connectivity index (χ0v) is 12.6. The van der Waals surface area contributed by atoms with Crippen LogP contribution >= 0.6 is 0 Å². The summed E-state index contributed by atoms with van der Waals surface area (Å²) in [5, 5.41) is 9.33. The molecule has 0 unspecified atom stereocenters. The Morgan fingerprint density at radius 1 is 1.24 bits per heavy atom. The van der Waals surface area contributed by atoms with Gasteiger partial charge in [0.1, 0.15) is 6.54 Å². The molecule has 1 fully saturated rings. The highest BCUT2D eigenvalue weighted by Crippen LogP contribution is 2.18. The van der Waals surface area contributed by atoms with E-state index in [9.17, 15) is 4.79 Å². The third-order valence-electron chi connectivity index (χ3n) is 3.22. The first-order valence-corrected chi connectivity index (χ1v) is 7.63. The fourth-order valence-corrected chi connectivity index (χ4v) is 1.94. The van der Waals surface area contributed by atoms with E-state index in [2.05, 4.69) is 33.1 Å². The highest BCUT2D eigenvalue weighted by molar-refractivity contribution is 5.85. The van der Waals surface area contributed by atoms with Gasteiger partial charge in [-0.2, -0.15) is 0 Å². The molecule has 1 saturated carbocycles. The van der Waals surface area contributed by atoms with Gasteiger partial charge in [0.05, 0.1) is 0 Å². The molecule has 0 aliphatic heterocycles. The van der Waals surface area contributed by atoms with E-state index in [1.165, 1.54) is 18.4 Å². The summed E-state index contributed by atoms with van der Waals surface area (Å²) in [6, 6.07) is 10.7. The number of hydrogen-bond donors (Lipinski definition) is 3. The standard InChI is InChI=1S/C16H24N4O/c1-2-17-16(20-14-8-9-14)19-12-15(21)18-11-10-13-6-4-3-5-7-13/h3-7,14H,2,8-12H2,1H3,(H,18,21)(H2,17,19,20). The van der Waals surface area contributed by atoms with Crippen LogP contribution in [0, 0.1) is 0 Å². The van der Waals surface area contributed by atoms with Crippen LogP contribution in [0.15, 0.2) is 35.3 Å². The van der Waals surface area contributed by atoms with Crippen molar-refractivity contribution in [3.63, 3.8) is 0 Å². The first kappa shape index (κ1) is 15.4. The zero-order valence-electron chi connectivity index (χ0n) is 12.6. The van der Waals surface area contributed by atoms with Crippen LogP contribution < -0.4 is 16.0 Å². The number of benzene rings is 1. The molecule has 0 atom stereocenters. The predicted octanol–water partition coefficient (Wildman–Crippen LogP) is 1.06. The molecule has 0 spiro atoms. The molecule has 2 rings (SSSR count). The number of nitrogens with one attached hydrogen (secondary N) is 3. The monoisotopic (exact) mass is 288 g/mol. The lowest BCUT2D eigenvalue weighted by Crippen LogP contribution is -2.39. The van der Waals surface area contributed by atoms with Crippen molar-refractivity contribution in [1.82, 2.24) is 16.0 Å². The molecule has 0 aromatic heterocycles. The second kappa shape index (κ2) is 8.29. The molecular weight excluding hydrogens is 264 g/mol. The molecule has 3 N–H and O–H groups in total. The van der Waals surface area contributed by atoms with Crippen molar-refractivity contribution in [3.8, 4) is 0 Å². The van der Waals surface area contributed by atoms with Gasteiger partial charge in [0.25, 0.3) is 0 Å². The quantitative estimate of drug-likeness (QED) is 0.519. The van der Waals surface area contributed by atoms with E-state index in [-0.39, 0.29) is 12.5 Å². The van der Waals surface area contributed by atoms with Crippen molar-refractivity contribution < 1.29 is 4.79 Å². The summed E-state index contributed by atoms with van der Waals surface area (Å²) in [6.45, 7) is 3.63. The summed E-state index contributed by atoms with van der Waals surface area (Å²) in [5.41, 5.74) is 1.23. The van der Waals surface area contributed by atoms with Gasteiger partial charge < -0.3 is 16.0 Å². The van der Waals surface area contributed by atoms with Crippen LogP contribution in [0.5, 0.6) is 0 Å². The highest BCUT2D eigenvalue weighted by Gasteiger charge is 2.22. The number of hydrogen-bond acceptors (Lipinski definition) is 2. The Morgan fingerprint density at radius 2 is 2.00 bits per heavy atom. The maximum Gasteiger partial charge on any atom is 0.241 e. The summed E-state index contributed by atoms with van der Waals surface area (Å²) in [4.78, 5) is 16.1. The average molecular weight is 288 g/mol. The second-order valence-corrected chi connectivity index (χ2v) is 5.20. The van der Waals surface area contributed by atoms with Crippen LogP contribution in [0.1, 0.15) is 25.3 Å². The Morgan fingerprint density at radius 3 is 2.67 bits per heavy atom. The lowest BCUT2D eigenvalue weighted by Gasteiger charge is -2.10. The van der Waals surface area contributed by atoms with Gasteiger partial charge in [-0.25, -0.2) is 4.99 Å². The van der Waals surface area contributed by atoms with Crippen LogP contribution in [0.3, 0.4) is 0 Å². The number of nitrogens with zero attached hydrogens (tertiary/aromatic N) is 1. The van der Waals surface area contributed by atoms with Gasteiger partial charge in [0.2, 0.25) is 5.91 Å². The third kappa shape index (κ3) is 6.29. The summed E-state index contributed by atoms with van der Waals surface area (Å²) in [5.74, 6) is 0.692. The van der Waals surface area contributed by atoms with Gasteiger partial charge in [0, 0.05) is 19.1 Å². The minimum atomic E-state index is -0.0427. The molecular formula is C16H24N4O. The van der Waals surface area contributed by atoms with Crippen molar-refractivity contribution in [2.24, 2.45) is 4.99 Å². The van der Waals surface area contributed by atoms with E-state index in [0.29, 0.717) is 12.6 Å². The number of carbonyl (C=O) groups excluding carboxylic acids is 1. The normalized spacial score (nSPS) is 14.6. The Labute approximate surface area is 126 Å². The van der Waals surface area contributed by atoms with Crippen LogP contribution in [0.2, 0.25) is 0 Å². The largest absolute Gasteiger partial charge is 0.357 e. The van der Waals surface area contributed by atoms with Gasteiger partial charge in [-0.05, 0) is 31.7 Å². The van der Waals surface area contributed by atoms with Crippen molar-refractivity contribution >= 4 is 11.9 Å². The second-order valence-electron chi connectivity index (χ2n) is 5.20. The van der Waals surface area contributed by atoms with E-state index < -0.39 is 0 Å². The van der Waals surface area contributed by atoms with E-state index in [1.807, 2.05) is 25.1 Å². The fraction of sp³-hybridized carbons (Fsp3) is 0.500. The van der Waals surface area contributed by atoms with E-state index in [0.717, 1.165) is 18.9 Å². The molecule has 0 radical (unpaired) electrons. The van der Waals surface area contributed by atoms with Crippen LogP contribution in [0.25, 0.3) is 0 Å². The van der Waals surface area contributed by atoms with Crippen molar-refractivity contribution in [3.05, 3.63) is 35.9 Å². The Balaban J connectivity index is 1.67. The molecule has 1 aromatic rings. The van der Waals surface area contributed by atoms with Gasteiger partial charge >= 0.3 is 0 Å². The van der Waals surface area contributed by atoms with E-state index in [4.69, 9.17) is 0 Å².